The largest absolute Gasteiger partial charge is 0.356 e. The van der Waals surface area contributed by atoms with Gasteiger partial charge in [0.2, 0.25) is 15.9 Å². The Labute approximate surface area is 120 Å². The fourth-order valence-corrected chi connectivity index (χ4v) is 3.98. The monoisotopic (exact) mass is 296 g/mol. The predicted octanol–water partition coefficient (Wildman–Crippen LogP) is 1.22. The lowest BCUT2D eigenvalue weighted by molar-refractivity contribution is -0.125. The summed E-state index contributed by atoms with van der Waals surface area (Å²) in [7, 11) is -3.49. The molecule has 5 nitrogen and oxygen atoms in total. The Morgan fingerprint density at radius 3 is 2.70 bits per heavy atom. The minimum absolute atomic E-state index is 0.0551. The molecule has 0 aromatic heterocycles. The Hall–Kier alpha value is -1.40. The molecular formula is C14H20N2O3S. The van der Waals surface area contributed by atoms with Gasteiger partial charge in [-0.1, -0.05) is 18.2 Å². The average Bonchev–Trinajstić information content (AvgIpc) is 2.48. The molecule has 1 aliphatic heterocycles. The highest BCUT2D eigenvalue weighted by molar-refractivity contribution is 7.89. The van der Waals surface area contributed by atoms with Crippen LogP contribution in [0.1, 0.15) is 19.8 Å². The molecule has 6 heteroatoms. The molecular weight excluding hydrogens is 276 g/mol. The predicted molar refractivity (Wildman–Crippen MR) is 76.6 cm³/mol. The number of rotatable bonds is 4. The molecule has 0 bridgehead atoms. The number of carbonyl (C=O) groups is 1. The van der Waals surface area contributed by atoms with Crippen molar-refractivity contribution in [2.24, 2.45) is 5.92 Å². The molecule has 1 amide bonds. The molecule has 1 aromatic rings. The Morgan fingerprint density at radius 1 is 1.35 bits per heavy atom. The summed E-state index contributed by atoms with van der Waals surface area (Å²) in [4.78, 5) is 12.2. The fraction of sp³-hybridized carbons (Fsp3) is 0.500. The van der Waals surface area contributed by atoms with E-state index in [0.717, 1.165) is 6.42 Å². The van der Waals surface area contributed by atoms with Crippen molar-refractivity contribution in [1.82, 2.24) is 9.62 Å². The molecule has 0 radical (unpaired) electrons. The van der Waals surface area contributed by atoms with Gasteiger partial charge in [-0.3, -0.25) is 4.79 Å². The van der Waals surface area contributed by atoms with Gasteiger partial charge in [0.15, 0.2) is 0 Å². The molecule has 1 saturated heterocycles. The third-order valence-electron chi connectivity index (χ3n) is 3.49. The summed E-state index contributed by atoms with van der Waals surface area (Å²) >= 11 is 0. The van der Waals surface area contributed by atoms with Crippen molar-refractivity contribution in [3.63, 3.8) is 0 Å². The van der Waals surface area contributed by atoms with Gasteiger partial charge < -0.3 is 5.32 Å². The molecule has 1 aliphatic rings. The van der Waals surface area contributed by atoms with Crippen LogP contribution in [0.2, 0.25) is 0 Å². The Bertz CT molecular complexity index is 557. The quantitative estimate of drug-likeness (QED) is 0.908. The van der Waals surface area contributed by atoms with E-state index in [1.54, 1.807) is 30.3 Å². The third kappa shape index (κ3) is 3.19. The molecule has 1 fully saturated rings. The van der Waals surface area contributed by atoms with E-state index in [-0.39, 0.29) is 23.3 Å². The fourth-order valence-electron chi connectivity index (χ4n) is 2.43. The zero-order valence-electron chi connectivity index (χ0n) is 11.6. The van der Waals surface area contributed by atoms with Gasteiger partial charge in [-0.2, -0.15) is 4.31 Å². The molecule has 0 saturated carbocycles. The van der Waals surface area contributed by atoms with Gasteiger partial charge in [0.25, 0.3) is 0 Å². The Balaban J connectivity index is 2.15. The third-order valence-corrected chi connectivity index (χ3v) is 5.37. The summed E-state index contributed by atoms with van der Waals surface area (Å²) in [6.45, 7) is 3.18. The van der Waals surface area contributed by atoms with Crippen molar-refractivity contribution in [3.05, 3.63) is 30.3 Å². The SMILES string of the molecule is CCNC(=O)[C@@H]1CCCN(S(=O)(=O)c2ccccc2)C1. The van der Waals surface area contributed by atoms with Crippen LogP contribution >= 0.6 is 0 Å². The standard InChI is InChI=1S/C14H20N2O3S/c1-2-15-14(17)12-7-6-10-16(11-12)20(18,19)13-8-4-3-5-9-13/h3-5,8-9,12H,2,6-7,10-11H2,1H3,(H,15,17)/t12-/m1/s1. The van der Waals surface area contributed by atoms with E-state index in [0.29, 0.717) is 19.5 Å². The number of nitrogens with one attached hydrogen (secondary N) is 1. The van der Waals surface area contributed by atoms with Crippen LogP contribution in [-0.2, 0) is 14.8 Å². The van der Waals surface area contributed by atoms with E-state index in [4.69, 9.17) is 0 Å². The summed E-state index contributed by atoms with van der Waals surface area (Å²) < 4.78 is 26.4. The van der Waals surface area contributed by atoms with E-state index in [9.17, 15) is 13.2 Å². The van der Waals surface area contributed by atoms with Gasteiger partial charge in [-0.25, -0.2) is 8.42 Å². The highest BCUT2D eigenvalue weighted by Gasteiger charge is 2.32. The van der Waals surface area contributed by atoms with Gasteiger partial charge in [0.1, 0.15) is 0 Å². The second-order valence-electron chi connectivity index (χ2n) is 4.91. The van der Waals surface area contributed by atoms with Crippen LogP contribution in [0.5, 0.6) is 0 Å². The number of nitrogens with zero attached hydrogens (tertiary/aromatic N) is 1. The molecule has 0 aliphatic carbocycles. The molecule has 0 unspecified atom stereocenters. The molecule has 1 aromatic carbocycles. The van der Waals surface area contributed by atoms with E-state index in [1.165, 1.54) is 4.31 Å². The first-order valence-electron chi connectivity index (χ1n) is 6.88. The lowest BCUT2D eigenvalue weighted by Gasteiger charge is -2.31. The van der Waals surface area contributed by atoms with Crippen LogP contribution in [0, 0.1) is 5.92 Å². The normalized spacial score (nSPS) is 20.6. The summed E-state index contributed by atoms with van der Waals surface area (Å²) in [5.74, 6) is -0.303. The van der Waals surface area contributed by atoms with Gasteiger partial charge in [-0.15, -0.1) is 0 Å². The summed E-state index contributed by atoms with van der Waals surface area (Å²) in [6.07, 6.45) is 1.46. The number of hydrogen-bond acceptors (Lipinski definition) is 3. The Morgan fingerprint density at radius 2 is 2.05 bits per heavy atom. The van der Waals surface area contributed by atoms with E-state index in [1.807, 2.05) is 6.92 Å². The molecule has 1 N–H and O–H groups in total. The van der Waals surface area contributed by atoms with Gasteiger partial charge in [0, 0.05) is 19.6 Å². The maximum atomic E-state index is 12.5. The van der Waals surface area contributed by atoms with Gasteiger partial charge in [-0.05, 0) is 31.9 Å². The van der Waals surface area contributed by atoms with Crippen LogP contribution < -0.4 is 5.32 Å². The molecule has 2 rings (SSSR count). The van der Waals surface area contributed by atoms with Gasteiger partial charge >= 0.3 is 0 Å². The van der Waals surface area contributed by atoms with Crippen molar-refractivity contribution in [2.75, 3.05) is 19.6 Å². The molecule has 1 heterocycles. The highest BCUT2D eigenvalue weighted by atomic mass is 32.2. The maximum Gasteiger partial charge on any atom is 0.243 e. The number of sulfonamides is 1. The minimum Gasteiger partial charge on any atom is -0.356 e. The van der Waals surface area contributed by atoms with E-state index in [2.05, 4.69) is 5.32 Å². The minimum atomic E-state index is -3.49. The summed E-state index contributed by atoms with van der Waals surface area (Å²) in [6, 6.07) is 8.37. The number of piperidine rings is 1. The number of benzene rings is 1. The summed E-state index contributed by atoms with van der Waals surface area (Å²) in [5.41, 5.74) is 0. The smallest absolute Gasteiger partial charge is 0.243 e. The van der Waals surface area contributed by atoms with Gasteiger partial charge in [0.05, 0.1) is 10.8 Å². The molecule has 110 valence electrons. The topological polar surface area (TPSA) is 66.5 Å². The van der Waals surface area contributed by atoms with Crippen LogP contribution in [0.4, 0.5) is 0 Å². The first-order chi connectivity index (χ1) is 9.55. The maximum absolute atomic E-state index is 12.5. The van der Waals surface area contributed by atoms with Crippen LogP contribution in [0.25, 0.3) is 0 Å². The van der Waals surface area contributed by atoms with Crippen molar-refractivity contribution >= 4 is 15.9 Å². The first-order valence-corrected chi connectivity index (χ1v) is 8.32. The number of carbonyl (C=O) groups excluding carboxylic acids is 1. The molecule has 20 heavy (non-hydrogen) atoms. The van der Waals surface area contributed by atoms with E-state index >= 15 is 0 Å². The zero-order valence-corrected chi connectivity index (χ0v) is 12.4. The highest BCUT2D eigenvalue weighted by Crippen LogP contribution is 2.23. The lowest BCUT2D eigenvalue weighted by Crippen LogP contribution is -2.45. The average molecular weight is 296 g/mol. The first kappa shape index (κ1) is 15.0. The Kier molecular flexibility index (Phi) is 4.77. The molecule has 1 atom stereocenters. The zero-order chi connectivity index (χ0) is 14.6. The van der Waals surface area contributed by atoms with E-state index < -0.39 is 10.0 Å². The molecule has 0 spiro atoms. The van der Waals surface area contributed by atoms with Crippen molar-refractivity contribution in [1.29, 1.82) is 0 Å². The van der Waals surface area contributed by atoms with Crippen molar-refractivity contribution in [3.8, 4) is 0 Å². The summed E-state index contributed by atoms with van der Waals surface area (Å²) in [5, 5.41) is 2.77. The van der Waals surface area contributed by atoms with Crippen molar-refractivity contribution in [2.45, 2.75) is 24.7 Å². The van der Waals surface area contributed by atoms with Crippen LogP contribution in [-0.4, -0.2) is 38.3 Å². The number of amides is 1. The van der Waals surface area contributed by atoms with Crippen LogP contribution in [0.3, 0.4) is 0 Å². The number of hydrogen-bond donors (Lipinski definition) is 1. The van der Waals surface area contributed by atoms with Crippen molar-refractivity contribution < 1.29 is 13.2 Å². The van der Waals surface area contributed by atoms with Crippen LogP contribution in [0.15, 0.2) is 35.2 Å². The second kappa shape index (κ2) is 6.37. The second-order valence-corrected chi connectivity index (χ2v) is 6.85. The lowest BCUT2D eigenvalue weighted by atomic mass is 9.99.